The molecule has 1 aromatic carbocycles. The Balaban J connectivity index is 2.24. The molecule has 1 aliphatic heterocycles. The van der Waals surface area contributed by atoms with Crippen LogP contribution < -0.4 is 10.6 Å². The summed E-state index contributed by atoms with van der Waals surface area (Å²) in [6.45, 7) is 8.75. The average molecular weight is 437 g/mol. The van der Waals surface area contributed by atoms with Crippen molar-refractivity contribution in [3.63, 3.8) is 0 Å². The maximum Gasteiger partial charge on any atom is 0.420 e. The lowest BCUT2D eigenvalue weighted by atomic mass is 9.94. The van der Waals surface area contributed by atoms with Crippen LogP contribution >= 0.6 is 23.2 Å². The van der Waals surface area contributed by atoms with Gasteiger partial charge in [0.1, 0.15) is 17.5 Å². The third-order valence-electron chi connectivity index (χ3n) is 4.41. The van der Waals surface area contributed by atoms with E-state index >= 15 is 0 Å². The summed E-state index contributed by atoms with van der Waals surface area (Å²) >= 11 is 12.3. The fourth-order valence-corrected chi connectivity index (χ4v) is 3.62. The molecule has 1 aliphatic rings. The first-order chi connectivity index (χ1) is 13.4. The van der Waals surface area contributed by atoms with Gasteiger partial charge in [-0.05, 0) is 52.3 Å². The lowest BCUT2D eigenvalue weighted by Crippen LogP contribution is -2.43. The number of benzene rings is 1. The molecular formula is C20H22Cl2N4O3. The number of carbonyl (C=O) groups is 2. The zero-order chi connectivity index (χ0) is 21.7. The molecule has 0 aliphatic carbocycles. The monoisotopic (exact) mass is 436 g/mol. The van der Waals surface area contributed by atoms with Gasteiger partial charge in [0.2, 0.25) is 5.91 Å². The van der Waals surface area contributed by atoms with Crippen molar-refractivity contribution in [2.24, 2.45) is 5.73 Å². The zero-order valence-electron chi connectivity index (χ0n) is 16.8. The molecule has 2 heterocycles. The van der Waals surface area contributed by atoms with Gasteiger partial charge in [0.15, 0.2) is 0 Å². The fraction of sp³-hybridized carbons (Fsp3) is 0.350. The Bertz CT molecular complexity index is 1040. The first-order valence-electron chi connectivity index (χ1n) is 8.95. The number of anilines is 1. The summed E-state index contributed by atoms with van der Waals surface area (Å²) in [6, 6.07) is 6.14. The van der Waals surface area contributed by atoms with Gasteiger partial charge in [-0.1, -0.05) is 29.3 Å². The number of aromatic nitrogens is 2. The molecule has 1 atom stereocenters. The minimum absolute atomic E-state index is 0.213. The van der Waals surface area contributed by atoms with Gasteiger partial charge in [0, 0.05) is 11.8 Å². The van der Waals surface area contributed by atoms with Crippen LogP contribution in [0.4, 0.5) is 10.6 Å². The van der Waals surface area contributed by atoms with Gasteiger partial charge in [-0.15, -0.1) is 0 Å². The van der Waals surface area contributed by atoms with E-state index in [0.717, 1.165) is 0 Å². The fourth-order valence-electron chi connectivity index (χ4n) is 3.31. The van der Waals surface area contributed by atoms with Crippen molar-refractivity contribution in [3.8, 4) is 0 Å². The number of aryl methyl sites for hydroxylation is 1. The van der Waals surface area contributed by atoms with Crippen LogP contribution in [0.2, 0.25) is 10.0 Å². The Morgan fingerprint density at radius 2 is 1.79 bits per heavy atom. The van der Waals surface area contributed by atoms with Crippen molar-refractivity contribution in [1.82, 2.24) is 9.78 Å². The molecule has 0 saturated carbocycles. The summed E-state index contributed by atoms with van der Waals surface area (Å²) in [6.07, 6.45) is -0.623. The number of ether oxygens (including phenoxy) is 1. The van der Waals surface area contributed by atoms with E-state index in [4.69, 9.17) is 33.7 Å². The number of hydrogen-bond donors (Lipinski definition) is 1. The van der Waals surface area contributed by atoms with Crippen molar-refractivity contribution >= 4 is 41.0 Å². The number of carbonyl (C=O) groups excluding carboxylic acids is 2. The molecule has 0 unspecified atom stereocenters. The van der Waals surface area contributed by atoms with Gasteiger partial charge in [0.25, 0.3) is 0 Å². The Kier molecular flexibility index (Phi) is 5.40. The van der Waals surface area contributed by atoms with E-state index in [9.17, 15) is 9.59 Å². The highest BCUT2D eigenvalue weighted by Crippen LogP contribution is 2.41. The number of primary amides is 1. The quantitative estimate of drug-likeness (QED) is 0.744. The Morgan fingerprint density at radius 1 is 1.14 bits per heavy atom. The second kappa shape index (κ2) is 7.39. The Hall–Kier alpha value is -2.51. The zero-order valence-corrected chi connectivity index (χ0v) is 18.3. The van der Waals surface area contributed by atoms with Crippen LogP contribution in [0, 0.1) is 6.92 Å². The molecule has 2 N–H and O–H groups in total. The van der Waals surface area contributed by atoms with E-state index in [0.29, 0.717) is 32.8 Å². The van der Waals surface area contributed by atoms with Crippen LogP contribution in [-0.2, 0) is 9.53 Å². The minimum Gasteiger partial charge on any atom is -0.443 e. The summed E-state index contributed by atoms with van der Waals surface area (Å²) in [5.74, 6) is -0.207. The molecule has 7 nitrogen and oxygen atoms in total. The highest BCUT2D eigenvalue weighted by atomic mass is 35.5. The molecule has 0 bridgehead atoms. The summed E-state index contributed by atoms with van der Waals surface area (Å²) in [5, 5.41) is 5.23. The van der Waals surface area contributed by atoms with Crippen LogP contribution in [-0.4, -0.2) is 27.4 Å². The summed E-state index contributed by atoms with van der Waals surface area (Å²) < 4.78 is 7.11. The van der Waals surface area contributed by atoms with Crippen molar-refractivity contribution in [2.75, 3.05) is 4.90 Å². The van der Waals surface area contributed by atoms with E-state index in [1.807, 2.05) is 0 Å². The Labute approximate surface area is 179 Å². The lowest BCUT2D eigenvalue weighted by molar-refractivity contribution is -0.115. The normalized spacial score (nSPS) is 16.7. The molecule has 1 aromatic heterocycles. The van der Waals surface area contributed by atoms with E-state index < -0.39 is 23.6 Å². The number of amides is 2. The number of nitrogens with zero attached hydrogens (tertiary/aromatic N) is 3. The highest BCUT2D eigenvalue weighted by Gasteiger charge is 2.39. The van der Waals surface area contributed by atoms with Crippen LogP contribution in [0.1, 0.15) is 45.0 Å². The lowest BCUT2D eigenvalue weighted by Gasteiger charge is -2.36. The van der Waals surface area contributed by atoms with Gasteiger partial charge >= 0.3 is 6.09 Å². The van der Waals surface area contributed by atoms with Gasteiger partial charge < -0.3 is 10.5 Å². The average Bonchev–Trinajstić information content (AvgIpc) is 2.94. The van der Waals surface area contributed by atoms with Crippen molar-refractivity contribution in [2.45, 2.75) is 46.3 Å². The van der Waals surface area contributed by atoms with Crippen LogP contribution in [0.3, 0.4) is 0 Å². The number of rotatable bonds is 2. The molecule has 3 rings (SSSR count). The predicted molar refractivity (Wildman–Crippen MR) is 112 cm³/mol. The molecule has 9 heteroatoms. The van der Waals surface area contributed by atoms with E-state index in [2.05, 4.69) is 5.10 Å². The Morgan fingerprint density at radius 3 is 2.34 bits per heavy atom. The molecule has 0 fully saturated rings. The van der Waals surface area contributed by atoms with E-state index in [-0.39, 0.29) is 5.57 Å². The maximum atomic E-state index is 12.9. The van der Waals surface area contributed by atoms with Crippen molar-refractivity contribution in [1.29, 1.82) is 0 Å². The number of fused-ring (bicyclic) bond motifs is 1. The highest BCUT2D eigenvalue weighted by molar-refractivity contribution is 6.42. The first kappa shape index (κ1) is 21.2. The third kappa shape index (κ3) is 3.97. The molecular weight excluding hydrogens is 415 g/mol. The van der Waals surface area contributed by atoms with E-state index in [1.54, 1.807) is 63.6 Å². The van der Waals surface area contributed by atoms with Gasteiger partial charge in [-0.3, -0.25) is 4.79 Å². The topological polar surface area (TPSA) is 90.5 Å². The SMILES string of the molecule is CC1=C(C(N)=O)[C@@H](c2ccc(Cl)c(Cl)c2)n2nc(C)cc2N1C(=O)OC(C)(C)C. The standard InChI is InChI=1S/C20H22Cl2N4O3/c1-10-8-15-25(19(28)29-20(3,4)5)11(2)16(18(23)27)17(26(15)24-10)12-6-7-13(21)14(22)9-12/h6-9,17H,1-5H3,(H2,23,27)/t17-/m1/s1. The third-order valence-corrected chi connectivity index (χ3v) is 5.15. The molecule has 0 spiro atoms. The molecule has 154 valence electrons. The second-order valence-corrected chi connectivity index (χ2v) is 8.66. The van der Waals surface area contributed by atoms with Crippen molar-refractivity contribution < 1.29 is 14.3 Å². The summed E-state index contributed by atoms with van der Waals surface area (Å²) in [5.41, 5.74) is 6.93. The predicted octanol–water partition coefficient (Wildman–Crippen LogP) is 4.60. The second-order valence-electron chi connectivity index (χ2n) is 7.84. The molecule has 2 aromatic rings. The molecule has 0 radical (unpaired) electrons. The van der Waals surface area contributed by atoms with Gasteiger partial charge in [-0.2, -0.15) is 5.10 Å². The maximum absolute atomic E-state index is 12.9. The number of nitrogens with two attached hydrogens (primary N) is 1. The smallest absolute Gasteiger partial charge is 0.420 e. The molecule has 2 amide bonds. The number of halogens is 2. The van der Waals surface area contributed by atoms with Gasteiger partial charge in [-0.25, -0.2) is 14.4 Å². The van der Waals surface area contributed by atoms with Crippen LogP contribution in [0.5, 0.6) is 0 Å². The first-order valence-corrected chi connectivity index (χ1v) is 9.71. The number of hydrogen-bond acceptors (Lipinski definition) is 4. The van der Waals surface area contributed by atoms with Crippen molar-refractivity contribution in [3.05, 3.63) is 56.8 Å². The summed E-state index contributed by atoms with van der Waals surface area (Å²) in [4.78, 5) is 26.7. The van der Waals surface area contributed by atoms with Gasteiger partial charge in [0.05, 0.1) is 21.3 Å². The minimum atomic E-state index is -0.718. The molecule has 29 heavy (non-hydrogen) atoms. The van der Waals surface area contributed by atoms with Crippen LogP contribution in [0.25, 0.3) is 0 Å². The van der Waals surface area contributed by atoms with E-state index in [1.165, 1.54) is 4.90 Å². The van der Waals surface area contributed by atoms with Crippen LogP contribution in [0.15, 0.2) is 35.5 Å². The number of allylic oxidation sites excluding steroid dienone is 1. The largest absolute Gasteiger partial charge is 0.443 e. The molecule has 0 saturated heterocycles. The summed E-state index contributed by atoms with van der Waals surface area (Å²) in [7, 11) is 0.